The van der Waals surface area contributed by atoms with Crippen molar-refractivity contribution in [1.82, 2.24) is 5.32 Å². The standard InChI is InChI=1S/C13H18BrNO3/c1-4-11(15-8(2)13(17)18-3)10-7-9(14)5-6-12(10)16/h5-8,11,15-16H,4H2,1-3H3/t8-,11?/m0/s1. The van der Waals surface area contributed by atoms with Gasteiger partial charge in [-0.15, -0.1) is 0 Å². The third kappa shape index (κ3) is 3.71. The molecule has 0 saturated carbocycles. The van der Waals surface area contributed by atoms with E-state index in [9.17, 15) is 9.90 Å². The van der Waals surface area contributed by atoms with E-state index in [1.165, 1.54) is 7.11 Å². The Balaban J connectivity index is 2.89. The second-order valence-corrected chi connectivity index (χ2v) is 4.99. The predicted octanol–water partition coefficient (Wildman–Crippen LogP) is 2.76. The molecule has 0 aliphatic heterocycles. The molecule has 0 saturated heterocycles. The van der Waals surface area contributed by atoms with Gasteiger partial charge >= 0.3 is 5.97 Å². The van der Waals surface area contributed by atoms with Crippen LogP contribution in [0.15, 0.2) is 22.7 Å². The molecule has 4 nitrogen and oxygen atoms in total. The lowest BCUT2D eigenvalue weighted by molar-refractivity contribution is -0.142. The fraction of sp³-hybridized carbons (Fsp3) is 0.462. The van der Waals surface area contributed by atoms with Gasteiger partial charge in [-0.25, -0.2) is 0 Å². The van der Waals surface area contributed by atoms with Crippen molar-refractivity contribution in [3.63, 3.8) is 0 Å². The van der Waals surface area contributed by atoms with Crippen LogP contribution in [0, 0.1) is 0 Å². The Bertz CT molecular complexity index is 423. The van der Waals surface area contributed by atoms with Crippen LogP contribution in [0.1, 0.15) is 31.9 Å². The van der Waals surface area contributed by atoms with Crippen LogP contribution in [0.4, 0.5) is 0 Å². The molecule has 0 fully saturated rings. The third-order valence-electron chi connectivity index (χ3n) is 2.78. The van der Waals surface area contributed by atoms with E-state index in [0.29, 0.717) is 0 Å². The number of carbonyl (C=O) groups is 1. The van der Waals surface area contributed by atoms with Crippen LogP contribution in [0.2, 0.25) is 0 Å². The van der Waals surface area contributed by atoms with E-state index in [1.54, 1.807) is 19.1 Å². The Labute approximate surface area is 115 Å². The van der Waals surface area contributed by atoms with Crippen LogP contribution >= 0.6 is 15.9 Å². The number of carbonyl (C=O) groups excluding carboxylic acids is 1. The Morgan fingerprint density at radius 1 is 1.56 bits per heavy atom. The molecule has 2 atom stereocenters. The summed E-state index contributed by atoms with van der Waals surface area (Å²) in [5.41, 5.74) is 0.766. The summed E-state index contributed by atoms with van der Waals surface area (Å²) >= 11 is 3.37. The minimum absolute atomic E-state index is 0.100. The van der Waals surface area contributed by atoms with Crippen LogP contribution in [0.3, 0.4) is 0 Å². The normalized spacial score (nSPS) is 14.0. The maximum atomic E-state index is 11.4. The van der Waals surface area contributed by atoms with Gasteiger partial charge in [0.2, 0.25) is 0 Å². The first kappa shape index (κ1) is 15.0. The molecule has 0 aliphatic rings. The number of hydrogen-bond donors (Lipinski definition) is 2. The minimum atomic E-state index is -0.418. The number of phenols is 1. The number of hydrogen-bond acceptors (Lipinski definition) is 4. The minimum Gasteiger partial charge on any atom is -0.508 e. The van der Waals surface area contributed by atoms with Crippen molar-refractivity contribution in [1.29, 1.82) is 0 Å². The zero-order chi connectivity index (χ0) is 13.7. The molecule has 1 aromatic carbocycles. The lowest BCUT2D eigenvalue weighted by Crippen LogP contribution is -2.37. The van der Waals surface area contributed by atoms with Crippen molar-refractivity contribution in [3.05, 3.63) is 28.2 Å². The van der Waals surface area contributed by atoms with Crippen LogP contribution in [-0.2, 0) is 9.53 Å². The molecule has 18 heavy (non-hydrogen) atoms. The van der Waals surface area contributed by atoms with E-state index in [2.05, 4.69) is 26.0 Å². The van der Waals surface area contributed by atoms with Crippen molar-refractivity contribution >= 4 is 21.9 Å². The highest BCUT2D eigenvalue weighted by Crippen LogP contribution is 2.29. The van der Waals surface area contributed by atoms with Gasteiger partial charge in [0.25, 0.3) is 0 Å². The summed E-state index contributed by atoms with van der Waals surface area (Å²) in [6.07, 6.45) is 0.755. The largest absolute Gasteiger partial charge is 0.508 e. The summed E-state index contributed by atoms with van der Waals surface area (Å²) in [4.78, 5) is 11.4. The smallest absolute Gasteiger partial charge is 0.322 e. The van der Waals surface area contributed by atoms with E-state index >= 15 is 0 Å². The van der Waals surface area contributed by atoms with Gasteiger partial charge in [-0.3, -0.25) is 10.1 Å². The molecule has 0 aliphatic carbocycles. The average Bonchev–Trinajstić information content (AvgIpc) is 2.37. The number of phenolic OH excluding ortho intramolecular Hbond substituents is 1. The zero-order valence-corrected chi connectivity index (χ0v) is 12.3. The molecule has 1 rings (SSSR count). The maximum absolute atomic E-state index is 11.4. The highest BCUT2D eigenvalue weighted by atomic mass is 79.9. The van der Waals surface area contributed by atoms with Crippen molar-refractivity contribution in [2.45, 2.75) is 32.4 Å². The number of aromatic hydroxyl groups is 1. The average molecular weight is 316 g/mol. The molecule has 100 valence electrons. The Hall–Kier alpha value is -1.07. The molecule has 0 heterocycles. The summed E-state index contributed by atoms with van der Waals surface area (Å²) in [7, 11) is 1.36. The van der Waals surface area contributed by atoms with Gasteiger partial charge in [0.15, 0.2) is 0 Å². The Kier molecular flexibility index (Phi) is 5.62. The number of methoxy groups -OCH3 is 1. The van der Waals surface area contributed by atoms with Crippen LogP contribution in [-0.4, -0.2) is 24.2 Å². The number of rotatable bonds is 5. The number of benzene rings is 1. The topological polar surface area (TPSA) is 58.6 Å². The fourth-order valence-corrected chi connectivity index (χ4v) is 2.16. The third-order valence-corrected chi connectivity index (χ3v) is 3.27. The molecule has 1 unspecified atom stereocenters. The number of esters is 1. The first-order valence-electron chi connectivity index (χ1n) is 5.81. The van der Waals surface area contributed by atoms with Gasteiger partial charge in [-0.05, 0) is 31.5 Å². The molecular formula is C13H18BrNO3. The Morgan fingerprint density at radius 2 is 2.22 bits per heavy atom. The van der Waals surface area contributed by atoms with E-state index in [-0.39, 0.29) is 17.8 Å². The van der Waals surface area contributed by atoms with Crippen molar-refractivity contribution in [2.24, 2.45) is 0 Å². The second kappa shape index (κ2) is 6.75. The van der Waals surface area contributed by atoms with Gasteiger partial charge in [-0.2, -0.15) is 0 Å². The summed E-state index contributed by atoms with van der Waals surface area (Å²) in [5, 5.41) is 13.0. The monoisotopic (exact) mass is 315 g/mol. The molecule has 0 bridgehead atoms. The SMILES string of the molecule is CCC(N[C@@H](C)C(=O)OC)c1cc(Br)ccc1O. The van der Waals surface area contributed by atoms with E-state index in [0.717, 1.165) is 16.5 Å². The van der Waals surface area contributed by atoms with Crippen molar-refractivity contribution < 1.29 is 14.6 Å². The number of halogens is 1. The molecule has 0 amide bonds. The quantitative estimate of drug-likeness (QED) is 0.820. The van der Waals surface area contributed by atoms with Gasteiger partial charge in [0.1, 0.15) is 11.8 Å². The number of ether oxygens (including phenoxy) is 1. The van der Waals surface area contributed by atoms with Gasteiger partial charge in [-0.1, -0.05) is 22.9 Å². The van der Waals surface area contributed by atoms with Crippen molar-refractivity contribution in [3.8, 4) is 5.75 Å². The number of nitrogens with one attached hydrogen (secondary N) is 1. The molecule has 0 spiro atoms. The van der Waals surface area contributed by atoms with Gasteiger partial charge < -0.3 is 9.84 Å². The molecule has 5 heteroatoms. The van der Waals surface area contributed by atoms with E-state index in [1.807, 2.05) is 13.0 Å². The maximum Gasteiger partial charge on any atom is 0.322 e. The van der Waals surface area contributed by atoms with E-state index in [4.69, 9.17) is 0 Å². The lowest BCUT2D eigenvalue weighted by atomic mass is 10.0. The highest BCUT2D eigenvalue weighted by molar-refractivity contribution is 9.10. The lowest BCUT2D eigenvalue weighted by Gasteiger charge is -2.22. The fourth-order valence-electron chi connectivity index (χ4n) is 1.78. The summed E-state index contributed by atoms with van der Waals surface area (Å²) in [6, 6.07) is 4.73. The molecule has 0 radical (unpaired) electrons. The van der Waals surface area contributed by atoms with Gasteiger partial charge in [0, 0.05) is 16.1 Å². The molecule has 2 N–H and O–H groups in total. The highest BCUT2D eigenvalue weighted by Gasteiger charge is 2.20. The Morgan fingerprint density at radius 3 is 2.78 bits per heavy atom. The first-order valence-corrected chi connectivity index (χ1v) is 6.61. The van der Waals surface area contributed by atoms with Crippen molar-refractivity contribution in [2.75, 3.05) is 7.11 Å². The van der Waals surface area contributed by atoms with Crippen LogP contribution < -0.4 is 5.32 Å². The van der Waals surface area contributed by atoms with E-state index < -0.39 is 6.04 Å². The second-order valence-electron chi connectivity index (χ2n) is 4.08. The zero-order valence-electron chi connectivity index (χ0n) is 10.7. The molecular weight excluding hydrogens is 298 g/mol. The molecule has 0 aromatic heterocycles. The summed E-state index contributed by atoms with van der Waals surface area (Å²) in [6.45, 7) is 3.73. The van der Waals surface area contributed by atoms with Crippen LogP contribution in [0.5, 0.6) is 5.75 Å². The molecule has 1 aromatic rings. The van der Waals surface area contributed by atoms with Crippen LogP contribution in [0.25, 0.3) is 0 Å². The summed E-state index contributed by atoms with van der Waals surface area (Å²) < 4.78 is 5.56. The summed E-state index contributed by atoms with van der Waals surface area (Å²) in [5.74, 6) is -0.0995. The predicted molar refractivity (Wildman–Crippen MR) is 73.5 cm³/mol. The first-order chi connectivity index (χ1) is 8.49. The van der Waals surface area contributed by atoms with Gasteiger partial charge in [0.05, 0.1) is 7.11 Å².